The van der Waals surface area contributed by atoms with Crippen molar-refractivity contribution in [2.45, 2.75) is 51.6 Å². The first-order valence-corrected chi connectivity index (χ1v) is 6.59. The van der Waals surface area contributed by atoms with Crippen molar-refractivity contribution in [1.82, 2.24) is 5.32 Å². The molecule has 0 spiro atoms. The summed E-state index contributed by atoms with van der Waals surface area (Å²) in [5.74, 6) is 0.944. The normalized spacial score (nSPS) is 27.2. The maximum absolute atomic E-state index is 5.51. The fraction of sp³-hybridized carbons (Fsp3) is 1.00. The minimum atomic E-state index is 0.456. The molecular formula is C13H27NO2. The van der Waals surface area contributed by atoms with E-state index in [4.69, 9.17) is 9.47 Å². The van der Waals surface area contributed by atoms with E-state index in [2.05, 4.69) is 19.2 Å². The molecule has 3 heteroatoms. The van der Waals surface area contributed by atoms with E-state index in [0.29, 0.717) is 25.3 Å². The van der Waals surface area contributed by atoms with Crippen LogP contribution in [0.25, 0.3) is 0 Å². The Morgan fingerprint density at radius 2 is 2.12 bits per heavy atom. The van der Waals surface area contributed by atoms with Crippen molar-refractivity contribution in [2.75, 3.05) is 26.9 Å². The summed E-state index contributed by atoms with van der Waals surface area (Å²) in [4.78, 5) is 0. The van der Waals surface area contributed by atoms with Gasteiger partial charge in [0.05, 0.1) is 19.8 Å². The quantitative estimate of drug-likeness (QED) is 0.647. The van der Waals surface area contributed by atoms with E-state index >= 15 is 0 Å². The van der Waals surface area contributed by atoms with Gasteiger partial charge in [-0.2, -0.15) is 0 Å². The number of hydrogen-bond donors (Lipinski definition) is 1. The van der Waals surface area contributed by atoms with E-state index in [1.54, 1.807) is 7.11 Å². The van der Waals surface area contributed by atoms with Gasteiger partial charge in [-0.05, 0) is 32.1 Å². The van der Waals surface area contributed by atoms with Crippen molar-refractivity contribution in [3.8, 4) is 0 Å². The van der Waals surface area contributed by atoms with E-state index in [0.717, 1.165) is 12.5 Å². The van der Waals surface area contributed by atoms with Gasteiger partial charge in [0.25, 0.3) is 0 Å². The van der Waals surface area contributed by atoms with Gasteiger partial charge >= 0.3 is 0 Å². The zero-order valence-corrected chi connectivity index (χ0v) is 11.0. The maximum Gasteiger partial charge on any atom is 0.0701 e. The molecule has 1 rings (SSSR count). The number of methoxy groups -OCH3 is 1. The molecule has 1 aliphatic rings. The Balaban J connectivity index is 2.03. The predicted molar refractivity (Wildman–Crippen MR) is 66.7 cm³/mol. The molecule has 1 fully saturated rings. The van der Waals surface area contributed by atoms with Crippen LogP contribution in [0.2, 0.25) is 0 Å². The molecule has 96 valence electrons. The molecule has 3 atom stereocenters. The van der Waals surface area contributed by atoms with Crippen LogP contribution in [0.5, 0.6) is 0 Å². The van der Waals surface area contributed by atoms with Gasteiger partial charge < -0.3 is 14.8 Å². The first-order chi connectivity index (χ1) is 7.76. The number of hydrogen-bond acceptors (Lipinski definition) is 3. The summed E-state index contributed by atoms with van der Waals surface area (Å²) in [6.45, 7) is 6.67. The summed E-state index contributed by atoms with van der Waals surface area (Å²) in [6.07, 6.45) is 5.40. The van der Waals surface area contributed by atoms with E-state index in [1.165, 1.54) is 25.7 Å². The SMILES string of the molecule is CCC1CCC(NC(C)COCCOC)C1. The molecule has 0 aliphatic heterocycles. The molecule has 0 aromatic rings. The van der Waals surface area contributed by atoms with Gasteiger partial charge in [-0.25, -0.2) is 0 Å². The third kappa shape index (κ3) is 5.28. The Morgan fingerprint density at radius 1 is 1.31 bits per heavy atom. The third-order valence-corrected chi connectivity index (χ3v) is 3.44. The van der Waals surface area contributed by atoms with Crippen molar-refractivity contribution in [3.05, 3.63) is 0 Å². The van der Waals surface area contributed by atoms with Crippen LogP contribution in [-0.2, 0) is 9.47 Å². The van der Waals surface area contributed by atoms with Crippen LogP contribution in [0.1, 0.15) is 39.5 Å². The Morgan fingerprint density at radius 3 is 2.75 bits per heavy atom. The van der Waals surface area contributed by atoms with Crippen LogP contribution < -0.4 is 5.32 Å². The Labute approximate surface area is 99.9 Å². The zero-order chi connectivity index (χ0) is 11.8. The number of nitrogens with one attached hydrogen (secondary N) is 1. The highest BCUT2D eigenvalue weighted by Crippen LogP contribution is 2.27. The first-order valence-electron chi connectivity index (χ1n) is 6.59. The molecule has 0 amide bonds. The van der Waals surface area contributed by atoms with Crippen molar-refractivity contribution in [1.29, 1.82) is 0 Å². The van der Waals surface area contributed by atoms with Gasteiger partial charge in [0.2, 0.25) is 0 Å². The lowest BCUT2D eigenvalue weighted by Crippen LogP contribution is -2.38. The van der Waals surface area contributed by atoms with Gasteiger partial charge in [0, 0.05) is 19.2 Å². The van der Waals surface area contributed by atoms with Crippen molar-refractivity contribution >= 4 is 0 Å². The summed E-state index contributed by atoms with van der Waals surface area (Å²) in [7, 11) is 1.70. The van der Waals surface area contributed by atoms with Crippen LogP contribution >= 0.6 is 0 Å². The molecular weight excluding hydrogens is 202 g/mol. The monoisotopic (exact) mass is 229 g/mol. The lowest BCUT2D eigenvalue weighted by atomic mass is 10.1. The summed E-state index contributed by atoms with van der Waals surface area (Å²) >= 11 is 0. The minimum absolute atomic E-state index is 0.456. The molecule has 1 saturated carbocycles. The van der Waals surface area contributed by atoms with Gasteiger partial charge in [0.15, 0.2) is 0 Å². The van der Waals surface area contributed by atoms with Gasteiger partial charge in [-0.3, -0.25) is 0 Å². The molecule has 3 unspecified atom stereocenters. The summed E-state index contributed by atoms with van der Waals surface area (Å²) in [6, 6.07) is 1.17. The smallest absolute Gasteiger partial charge is 0.0701 e. The van der Waals surface area contributed by atoms with Crippen LogP contribution in [0, 0.1) is 5.92 Å². The first kappa shape index (κ1) is 13.9. The summed E-state index contributed by atoms with van der Waals surface area (Å²) < 4.78 is 10.5. The molecule has 0 radical (unpaired) electrons. The molecule has 0 aromatic carbocycles. The van der Waals surface area contributed by atoms with Gasteiger partial charge in [0.1, 0.15) is 0 Å². The predicted octanol–water partition coefficient (Wildman–Crippen LogP) is 2.21. The highest BCUT2D eigenvalue weighted by molar-refractivity contribution is 4.81. The van der Waals surface area contributed by atoms with Gasteiger partial charge in [-0.15, -0.1) is 0 Å². The average Bonchev–Trinajstić information content (AvgIpc) is 2.72. The number of rotatable bonds is 8. The van der Waals surface area contributed by atoms with E-state index in [9.17, 15) is 0 Å². The van der Waals surface area contributed by atoms with E-state index < -0.39 is 0 Å². The molecule has 3 nitrogen and oxygen atoms in total. The van der Waals surface area contributed by atoms with E-state index in [1.807, 2.05) is 0 Å². The molecule has 16 heavy (non-hydrogen) atoms. The van der Waals surface area contributed by atoms with Crippen molar-refractivity contribution < 1.29 is 9.47 Å². The summed E-state index contributed by atoms with van der Waals surface area (Å²) in [5.41, 5.74) is 0. The molecule has 0 heterocycles. The third-order valence-electron chi connectivity index (χ3n) is 3.44. The fourth-order valence-corrected chi connectivity index (χ4v) is 2.45. The second kappa shape index (κ2) is 8.04. The lowest BCUT2D eigenvalue weighted by molar-refractivity contribution is 0.0594. The van der Waals surface area contributed by atoms with Crippen LogP contribution in [0.4, 0.5) is 0 Å². The summed E-state index contributed by atoms with van der Waals surface area (Å²) in [5, 5.41) is 3.65. The molecule has 0 saturated heterocycles. The Bertz CT molecular complexity index is 175. The van der Waals surface area contributed by atoms with E-state index in [-0.39, 0.29) is 0 Å². The van der Waals surface area contributed by atoms with Crippen LogP contribution in [-0.4, -0.2) is 39.0 Å². The minimum Gasteiger partial charge on any atom is -0.382 e. The molecule has 1 N–H and O–H groups in total. The lowest BCUT2D eigenvalue weighted by Gasteiger charge is -2.19. The Kier molecular flexibility index (Phi) is 7.01. The van der Waals surface area contributed by atoms with Gasteiger partial charge in [-0.1, -0.05) is 13.3 Å². The number of ether oxygens (including phenoxy) is 2. The van der Waals surface area contributed by atoms with Crippen molar-refractivity contribution in [2.24, 2.45) is 5.92 Å². The van der Waals surface area contributed by atoms with Crippen LogP contribution in [0.3, 0.4) is 0 Å². The zero-order valence-electron chi connectivity index (χ0n) is 11.0. The average molecular weight is 229 g/mol. The van der Waals surface area contributed by atoms with Crippen molar-refractivity contribution in [3.63, 3.8) is 0 Å². The second-order valence-electron chi connectivity index (χ2n) is 4.92. The molecule has 0 aromatic heterocycles. The topological polar surface area (TPSA) is 30.5 Å². The highest BCUT2D eigenvalue weighted by atomic mass is 16.5. The molecule has 0 bridgehead atoms. The fourth-order valence-electron chi connectivity index (χ4n) is 2.45. The highest BCUT2D eigenvalue weighted by Gasteiger charge is 2.23. The molecule has 1 aliphatic carbocycles. The largest absolute Gasteiger partial charge is 0.382 e. The maximum atomic E-state index is 5.51. The standard InChI is InChI=1S/C13H27NO2/c1-4-12-5-6-13(9-12)14-11(2)10-16-8-7-15-3/h11-14H,4-10H2,1-3H3. The Hall–Kier alpha value is -0.120. The van der Waals surface area contributed by atoms with Crippen LogP contribution in [0.15, 0.2) is 0 Å². The second-order valence-corrected chi connectivity index (χ2v) is 4.92.